The van der Waals surface area contributed by atoms with Crippen LogP contribution in [-0.4, -0.2) is 46.2 Å². The predicted molar refractivity (Wildman–Crippen MR) is 80.0 cm³/mol. The molecule has 0 aliphatic carbocycles. The Balaban J connectivity index is 1.72. The minimum absolute atomic E-state index is 0.155. The van der Waals surface area contributed by atoms with Crippen LogP contribution in [0.1, 0.15) is 5.82 Å². The molecule has 1 aromatic heterocycles. The molecular formula is C14H17FN6O. The Morgan fingerprint density at radius 2 is 1.86 bits per heavy atom. The molecule has 22 heavy (non-hydrogen) atoms. The SMILES string of the molecule is Nc1nc(CN2CCOCC2)nc(Nc2ccc(F)cc2)n1. The van der Waals surface area contributed by atoms with Gasteiger partial charge in [-0.2, -0.15) is 15.0 Å². The molecule has 1 aromatic carbocycles. The molecule has 1 saturated heterocycles. The molecule has 2 aromatic rings. The number of anilines is 3. The molecule has 0 unspecified atom stereocenters. The number of benzene rings is 1. The molecule has 0 bridgehead atoms. The van der Waals surface area contributed by atoms with Crippen molar-refractivity contribution in [1.29, 1.82) is 0 Å². The van der Waals surface area contributed by atoms with E-state index in [4.69, 9.17) is 10.5 Å². The van der Waals surface area contributed by atoms with E-state index in [9.17, 15) is 4.39 Å². The molecule has 3 N–H and O–H groups in total. The molecule has 1 aliphatic heterocycles. The Bertz CT molecular complexity index is 630. The number of nitrogen functional groups attached to an aromatic ring is 1. The van der Waals surface area contributed by atoms with Crippen LogP contribution in [0.25, 0.3) is 0 Å². The van der Waals surface area contributed by atoms with Crippen molar-refractivity contribution in [1.82, 2.24) is 19.9 Å². The maximum Gasteiger partial charge on any atom is 0.232 e. The molecular weight excluding hydrogens is 287 g/mol. The fraction of sp³-hybridized carbons (Fsp3) is 0.357. The molecule has 7 nitrogen and oxygen atoms in total. The van der Waals surface area contributed by atoms with Gasteiger partial charge in [0, 0.05) is 18.8 Å². The summed E-state index contributed by atoms with van der Waals surface area (Å²) < 4.78 is 18.2. The van der Waals surface area contributed by atoms with Crippen molar-refractivity contribution in [3.63, 3.8) is 0 Å². The summed E-state index contributed by atoms with van der Waals surface area (Å²) in [6.45, 7) is 3.69. The van der Waals surface area contributed by atoms with Crippen LogP contribution >= 0.6 is 0 Å². The monoisotopic (exact) mass is 304 g/mol. The van der Waals surface area contributed by atoms with E-state index in [0.717, 1.165) is 13.1 Å². The molecule has 0 spiro atoms. The van der Waals surface area contributed by atoms with Crippen molar-refractivity contribution in [2.24, 2.45) is 0 Å². The first-order valence-electron chi connectivity index (χ1n) is 7.02. The summed E-state index contributed by atoms with van der Waals surface area (Å²) in [5.74, 6) is 0.804. The third kappa shape index (κ3) is 3.86. The minimum Gasteiger partial charge on any atom is -0.379 e. The van der Waals surface area contributed by atoms with Gasteiger partial charge in [0.2, 0.25) is 11.9 Å². The molecule has 8 heteroatoms. The second-order valence-electron chi connectivity index (χ2n) is 4.95. The largest absolute Gasteiger partial charge is 0.379 e. The van der Waals surface area contributed by atoms with Crippen LogP contribution in [0.2, 0.25) is 0 Å². The van der Waals surface area contributed by atoms with Crippen molar-refractivity contribution in [3.05, 3.63) is 35.9 Å². The van der Waals surface area contributed by atoms with Gasteiger partial charge in [-0.1, -0.05) is 0 Å². The molecule has 0 atom stereocenters. The first-order chi connectivity index (χ1) is 10.7. The highest BCUT2D eigenvalue weighted by molar-refractivity contribution is 5.53. The second-order valence-corrected chi connectivity index (χ2v) is 4.95. The lowest BCUT2D eigenvalue weighted by Crippen LogP contribution is -2.36. The number of nitrogens with two attached hydrogens (primary N) is 1. The van der Waals surface area contributed by atoms with Gasteiger partial charge in [-0.05, 0) is 24.3 Å². The first kappa shape index (κ1) is 14.6. The highest BCUT2D eigenvalue weighted by Crippen LogP contribution is 2.14. The van der Waals surface area contributed by atoms with E-state index in [0.29, 0.717) is 37.2 Å². The number of hydrogen-bond donors (Lipinski definition) is 2. The van der Waals surface area contributed by atoms with Gasteiger partial charge >= 0.3 is 0 Å². The number of ether oxygens (including phenoxy) is 1. The molecule has 3 rings (SSSR count). The normalized spacial score (nSPS) is 15.7. The number of hydrogen-bond acceptors (Lipinski definition) is 7. The van der Waals surface area contributed by atoms with Gasteiger partial charge in [-0.15, -0.1) is 0 Å². The Morgan fingerprint density at radius 1 is 1.14 bits per heavy atom. The van der Waals surface area contributed by atoms with Crippen molar-refractivity contribution >= 4 is 17.6 Å². The Morgan fingerprint density at radius 3 is 2.59 bits per heavy atom. The summed E-state index contributed by atoms with van der Waals surface area (Å²) in [5, 5.41) is 3.00. The molecule has 2 heterocycles. The highest BCUT2D eigenvalue weighted by Gasteiger charge is 2.13. The summed E-state index contributed by atoms with van der Waals surface area (Å²) in [5.41, 5.74) is 6.42. The Kier molecular flexibility index (Phi) is 4.40. The van der Waals surface area contributed by atoms with Gasteiger partial charge in [-0.3, -0.25) is 4.90 Å². The number of halogens is 1. The summed E-state index contributed by atoms with van der Waals surface area (Å²) >= 11 is 0. The minimum atomic E-state index is -0.297. The van der Waals surface area contributed by atoms with Gasteiger partial charge in [-0.25, -0.2) is 4.39 Å². The van der Waals surface area contributed by atoms with Gasteiger partial charge < -0.3 is 15.8 Å². The summed E-state index contributed by atoms with van der Waals surface area (Å²) in [4.78, 5) is 14.8. The van der Waals surface area contributed by atoms with Gasteiger partial charge in [0.25, 0.3) is 0 Å². The zero-order valence-electron chi connectivity index (χ0n) is 12.0. The summed E-state index contributed by atoms with van der Waals surface area (Å²) in [6.07, 6.45) is 0. The quantitative estimate of drug-likeness (QED) is 0.876. The topological polar surface area (TPSA) is 89.2 Å². The molecule has 0 amide bonds. The zero-order valence-corrected chi connectivity index (χ0v) is 12.0. The molecule has 1 aliphatic rings. The fourth-order valence-corrected chi connectivity index (χ4v) is 2.19. The maximum absolute atomic E-state index is 12.9. The highest BCUT2D eigenvalue weighted by atomic mass is 19.1. The fourth-order valence-electron chi connectivity index (χ4n) is 2.19. The van der Waals surface area contributed by atoms with Crippen LogP contribution in [0.15, 0.2) is 24.3 Å². The van der Waals surface area contributed by atoms with E-state index in [1.54, 1.807) is 12.1 Å². The van der Waals surface area contributed by atoms with Crippen molar-refractivity contribution in [2.45, 2.75) is 6.54 Å². The van der Waals surface area contributed by atoms with Crippen LogP contribution in [-0.2, 0) is 11.3 Å². The van der Waals surface area contributed by atoms with Gasteiger partial charge in [0.05, 0.1) is 19.8 Å². The first-order valence-corrected chi connectivity index (χ1v) is 7.02. The van der Waals surface area contributed by atoms with Crippen LogP contribution < -0.4 is 11.1 Å². The molecule has 0 saturated carbocycles. The third-order valence-corrected chi connectivity index (χ3v) is 3.27. The molecule has 116 valence electrons. The van der Waals surface area contributed by atoms with Gasteiger partial charge in [0.15, 0.2) is 0 Å². The van der Waals surface area contributed by atoms with E-state index >= 15 is 0 Å². The molecule has 0 radical (unpaired) electrons. The van der Waals surface area contributed by atoms with E-state index in [1.165, 1.54) is 12.1 Å². The molecule has 1 fully saturated rings. The average Bonchev–Trinajstić information content (AvgIpc) is 2.50. The van der Waals surface area contributed by atoms with Crippen molar-refractivity contribution in [2.75, 3.05) is 37.4 Å². The maximum atomic E-state index is 12.9. The van der Waals surface area contributed by atoms with Crippen molar-refractivity contribution < 1.29 is 9.13 Å². The van der Waals surface area contributed by atoms with E-state index < -0.39 is 0 Å². The number of nitrogens with zero attached hydrogens (tertiary/aromatic N) is 4. The Labute approximate surface area is 127 Å². The average molecular weight is 304 g/mol. The van der Waals surface area contributed by atoms with Crippen LogP contribution in [0.4, 0.5) is 22.0 Å². The summed E-state index contributed by atoms with van der Waals surface area (Å²) in [6, 6.07) is 5.94. The number of rotatable bonds is 4. The van der Waals surface area contributed by atoms with Crippen molar-refractivity contribution in [3.8, 4) is 0 Å². The van der Waals surface area contributed by atoms with Crippen LogP contribution in [0.3, 0.4) is 0 Å². The van der Waals surface area contributed by atoms with Crippen LogP contribution in [0.5, 0.6) is 0 Å². The third-order valence-electron chi connectivity index (χ3n) is 3.27. The second kappa shape index (κ2) is 6.63. The van der Waals surface area contributed by atoms with E-state index in [1.807, 2.05) is 0 Å². The lowest BCUT2D eigenvalue weighted by atomic mass is 10.3. The number of morpholine rings is 1. The van der Waals surface area contributed by atoms with E-state index in [-0.39, 0.29) is 11.8 Å². The van der Waals surface area contributed by atoms with E-state index in [2.05, 4.69) is 25.2 Å². The van der Waals surface area contributed by atoms with Crippen LogP contribution in [0, 0.1) is 5.82 Å². The van der Waals surface area contributed by atoms with Gasteiger partial charge in [0.1, 0.15) is 11.6 Å². The Hall–Kier alpha value is -2.32. The summed E-state index contributed by atoms with van der Waals surface area (Å²) in [7, 11) is 0. The lowest BCUT2D eigenvalue weighted by Gasteiger charge is -2.25. The standard InChI is InChI=1S/C14H17FN6O/c15-10-1-3-11(4-2-10)17-14-19-12(18-13(16)20-14)9-21-5-7-22-8-6-21/h1-4H,5-9H2,(H3,16,17,18,19,20). The predicted octanol–water partition coefficient (Wildman–Crippen LogP) is 1.17. The zero-order chi connectivity index (χ0) is 15.4. The number of nitrogens with one attached hydrogen (secondary N) is 1. The smallest absolute Gasteiger partial charge is 0.232 e. The number of aromatic nitrogens is 3. The lowest BCUT2D eigenvalue weighted by molar-refractivity contribution is 0.0331.